The van der Waals surface area contributed by atoms with E-state index in [2.05, 4.69) is 58.6 Å². The van der Waals surface area contributed by atoms with Crippen molar-refractivity contribution in [3.8, 4) is 17.1 Å². The van der Waals surface area contributed by atoms with Gasteiger partial charge in [0.2, 0.25) is 5.82 Å². The first-order chi connectivity index (χ1) is 15.1. The number of hydrogen-bond acceptors (Lipinski definition) is 6. The maximum atomic E-state index is 5.70. The average Bonchev–Trinajstić information content (AvgIpc) is 3.29. The number of aromatic nitrogens is 3. The Balaban J connectivity index is 1.82. The van der Waals surface area contributed by atoms with E-state index in [0.29, 0.717) is 17.5 Å². The zero-order valence-electron chi connectivity index (χ0n) is 18.0. The van der Waals surface area contributed by atoms with Gasteiger partial charge >= 0.3 is 0 Å². The fourth-order valence-electron chi connectivity index (χ4n) is 3.29. The summed E-state index contributed by atoms with van der Waals surface area (Å²) in [5.74, 6) is 2.39. The molecule has 1 N–H and O–H groups in total. The number of hydrogen-bond donors (Lipinski definition) is 1. The molecule has 0 aliphatic heterocycles. The third-order valence-corrected chi connectivity index (χ3v) is 5.18. The number of ether oxygens (including phenoxy) is 1. The summed E-state index contributed by atoms with van der Waals surface area (Å²) >= 11 is 0. The molecule has 0 atom stereocenters. The van der Waals surface area contributed by atoms with Crippen LogP contribution in [0.5, 0.6) is 5.75 Å². The van der Waals surface area contributed by atoms with Crippen LogP contribution in [0, 0.1) is 13.8 Å². The van der Waals surface area contributed by atoms with Crippen molar-refractivity contribution in [3.63, 3.8) is 0 Å². The van der Waals surface area contributed by atoms with Gasteiger partial charge in [-0.15, -0.1) is 0 Å². The summed E-state index contributed by atoms with van der Waals surface area (Å²) in [6.45, 7) is 4.21. The predicted octanol–water partition coefficient (Wildman–Crippen LogP) is 5.39. The van der Waals surface area contributed by atoms with Gasteiger partial charge in [-0.25, -0.2) is 4.98 Å². The number of aryl methyl sites for hydroxylation is 2. The molecule has 4 rings (SSSR count). The highest BCUT2D eigenvalue weighted by Gasteiger charge is 2.17. The number of nitrogens with zero attached hydrogens (tertiary/aromatic N) is 3. The molecule has 0 amide bonds. The minimum Gasteiger partial charge on any atom is -0.497 e. The van der Waals surface area contributed by atoms with Crippen molar-refractivity contribution in [2.24, 2.45) is 0 Å². The molecule has 0 bridgehead atoms. The van der Waals surface area contributed by atoms with E-state index in [9.17, 15) is 0 Å². The summed E-state index contributed by atoms with van der Waals surface area (Å²) in [5.41, 5.74) is 6.10. The first-order valence-corrected chi connectivity index (χ1v) is 9.99. The van der Waals surface area contributed by atoms with Gasteiger partial charge in [-0.3, -0.25) is 0 Å². The molecule has 0 unspecified atom stereocenters. The van der Waals surface area contributed by atoms with E-state index in [1.807, 2.05) is 43.4 Å². The van der Waals surface area contributed by atoms with E-state index in [1.165, 1.54) is 11.1 Å². The molecule has 0 aliphatic carbocycles. The number of anilines is 1. The van der Waals surface area contributed by atoms with Crippen LogP contribution >= 0.6 is 0 Å². The Morgan fingerprint density at radius 2 is 1.84 bits per heavy atom. The molecule has 6 nitrogen and oxygen atoms in total. The summed E-state index contributed by atoms with van der Waals surface area (Å²) in [7, 11) is 3.47. The van der Waals surface area contributed by atoms with Gasteiger partial charge < -0.3 is 14.6 Å². The number of rotatable bonds is 6. The van der Waals surface area contributed by atoms with Crippen LogP contribution in [-0.4, -0.2) is 29.3 Å². The third kappa shape index (κ3) is 4.33. The molecule has 0 spiro atoms. The van der Waals surface area contributed by atoms with Gasteiger partial charge in [0.05, 0.1) is 12.7 Å². The predicted molar refractivity (Wildman–Crippen MR) is 123 cm³/mol. The van der Waals surface area contributed by atoms with Crippen LogP contribution in [0.25, 0.3) is 23.0 Å². The lowest BCUT2D eigenvalue weighted by molar-refractivity contribution is 0.409. The van der Waals surface area contributed by atoms with Crippen molar-refractivity contribution >= 4 is 17.5 Å². The lowest BCUT2D eigenvalue weighted by Crippen LogP contribution is -1.96. The van der Waals surface area contributed by atoms with Gasteiger partial charge in [0.25, 0.3) is 5.89 Å². The highest BCUT2D eigenvalue weighted by Crippen LogP contribution is 2.30. The Bertz CT molecular complexity index is 1230. The number of benzene rings is 2. The van der Waals surface area contributed by atoms with Gasteiger partial charge in [-0.1, -0.05) is 35.5 Å². The Kier molecular flexibility index (Phi) is 5.80. The normalized spacial score (nSPS) is 11.4. The second-order valence-electron chi connectivity index (χ2n) is 7.20. The fourth-order valence-corrected chi connectivity index (χ4v) is 3.29. The monoisotopic (exact) mass is 412 g/mol. The first kappa shape index (κ1) is 20.3. The van der Waals surface area contributed by atoms with E-state index in [1.54, 1.807) is 13.3 Å². The Hall–Kier alpha value is -3.93. The SMILES string of the molecule is CNc1ncccc1-c1noc(/C(=C/c2ccc(C)c(C)c2)c2ccc(OC)cc2)n1. The van der Waals surface area contributed by atoms with Crippen LogP contribution in [0.15, 0.2) is 65.3 Å². The molecular formula is C25H24N4O2. The lowest BCUT2D eigenvalue weighted by Gasteiger charge is -2.07. The lowest BCUT2D eigenvalue weighted by atomic mass is 10.00. The van der Waals surface area contributed by atoms with Crippen LogP contribution in [0.1, 0.15) is 28.1 Å². The molecule has 156 valence electrons. The average molecular weight is 412 g/mol. The summed E-state index contributed by atoms with van der Waals surface area (Å²) in [6, 6.07) is 17.9. The number of methoxy groups -OCH3 is 1. The number of pyridine rings is 1. The van der Waals surface area contributed by atoms with Gasteiger partial charge in [0, 0.05) is 18.8 Å². The minimum atomic E-state index is 0.435. The number of nitrogens with one attached hydrogen (secondary N) is 1. The zero-order chi connectivity index (χ0) is 21.8. The van der Waals surface area contributed by atoms with E-state index in [0.717, 1.165) is 28.0 Å². The smallest absolute Gasteiger partial charge is 0.258 e. The molecule has 0 saturated carbocycles. The van der Waals surface area contributed by atoms with Crippen molar-refractivity contribution in [1.29, 1.82) is 0 Å². The molecule has 6 heteroatoms. The van der Waals surface area contributed by atoms with E-state index >= 15 is 0 Å². The van der Waals surface area contributed by atoms with Crippen molar-refractivity contribution in [3.05, 3.63) is 88.9 Å². The summed E-state index contributed by atoms with van der Waals surface area (Å²) < 4.78 is 11.0. The highest BCUT2D eigenvalue weighted by molar-refractivity contribution is 5.89. The molecular weight excluding hydrogens is 388 g/mol. The van der Waals surface area contributed by atoms with Crippen LogP contribution in [0.4, 0.5) is 5.82 Å². The minimum absolute atomic E-state index is 0.435. The second kappa shape index (κ2) is 8.83. The van der Waals surface area contributed by atoms with Gasteiger partial charge in [-0.2, -0.15) is 4.98 Å². The molecule has 0 saturated heterocycles. The van der Waals surface area contributed by atoms with Crippen LogP contribution in [0.3, 0.4) is 0 Å². The van der Waals surface area contributed by atoms with Crippen LogP contribution in [-0.2, 0) is 0 Å². The van der Waals surface area contributed by atoms with Crippen LogP contribution in [0.2, 0.25) is 0 Å². The summed E-state index contributed by atoms with van der Waals surface area (Å²) in [5, 5.41) is 7.28. The van der Waals surface area contributed by atoms with Crippen LogP contribution < -0.4 is 10.1 Å². The largest absolute Gasteiger partial charge is 0.497 e. The van der Waals surface area contributed by atoms with Gasteiger partial charge in [0.15, 0.2) is 0 Å². The third-order valence-electron chi connectivity index (χ3n) is 5.18. The quantitative estimate of drug-likeness (QED) is 0.428. The maximum Gasteiger partial charge on any atom is 0.258 e. The molecule has 0 fully saturated rings. The van der Waals surface area contributed by atoms with Crippen molar-refractivity contribution in [1.82, 2.24) is 15.1 Å². The molecule has 2 aromatic heterocycles. The van der Waals surface area contributed by atoms with E-state index in [4.69, 9.17) is 9.26 Å². The highest BCUT2D eigenvalue weighted by atomic mass is 16.5. The zero-order valence-corrected chi connectivity index (χ0v) is 18.0. The Labute approximate surface area is 181 Å². The van der Waals surface area contributed by atoms with E-state index in [-0.39, 0.29) is 0 Å². The van der Waals surface area contributed by atoms with Crippen molar-refractivity contribution in [2.45, 2.75) is 13.8 Å². The maximum absolute atomic E-state index is 5.70. The molecule has 0 radical (unpaired) electrons. The molecule has 2 aromatic carbocycles. The Morgan fingerprint density at radius 1 is 1.03 bits per heavy atom. The molecule has 31 heavy (non-hydrogen) atoms. The van der Waals surface area contributed by atoms with Crippen molar-refractivity contribution < 1.29 is 9.26 Å². The fraction of sp³-hybridized carbons (Fsp3) is 0.160. The standard InChI is InChI=1S/C25H24N4O2/c1-16-7-8-18(14-17(16)2)15-22(19-9-11-20(30-4)12-10-19)25-28-24(29-31-25)21-6-5-13-27-23(21)26-3/h5-15H,1-4H3,(H,26,27)/b22-15+. The molecule has 2 heterocycles. The van der Waals surface area contributed by atoms with Crippen molar-refractivity contribution in [2.75, 3.05) is 19.5 Å². The van der Waals surface area contributed by atoms with Gasteiger partial charge in [-0.05, 0) is 66.4 Å². The molecule has 0 aliphatic rings. The second-order valence-corrected chi connectivity index (χ2v) is 7.20. The summed E-state index contributed by atoms with van der Waals surface area (Å²) in [6.07, 6.45) is 3.78. The first-order valence-electron chi connectivity index (χ1n) is 9.99. The molecule has 4 aromatic rings. The topological polar surface area (TPSA) is 73.1 Å². The van der Waals surface area contributed by atoms with E-state index < -0.39 is 0 Å². The van der Waals surface area contributed by atoms with Gasteiger partial charge in [0.1, 0.15) is 11.6 Å². The summed E-state index contributed by atoms with van der Waals surface area (Å²) in [4.78, 5) is 9.02. The Morgan fingerprint density at radius 3 is 2.55 bits per heavy atom.